The summed E-state index contributed by atoms with van der Waals surface area (Å²) in [5, 5.41) is 4.02. The van der Waals surface area contributed by atoms with Crippen LogP contribution < -0.4 is 5.32 Å². The minimum absolute atomic E-state index is 0.214. The van der Waals surface area contributed by atoms with Crippen LogP contribution in [0, 0.1) is 0 Å². The highest BCUT2D eigenvalue weighted by molar-refractivity contribution is 9.10. The topological polar surface area (TPSA) is 41.6 Å². The van der Waals surface area contributed by atoms with Crippen molar-refractivity contribution in [3.8, 4) is 0 Å². The Morgan fingerprint density at radius 1 is 1.57 bits per heavy atom. The average molecular weight is 376 g/mol. The second-order valence-electron chi connectivity index (χ2n) is 5.61. The normalized spacial score (nSPS) is 26.4. The fourth-order valence-corrected chi connectivity index (χ4v) is 3.24. The van der Waals surface area contributed by atoms with E-state index in [1.807, 2.05) is 12.1 Å². The molecule has 1 fully saturated rings. The first-order valence-corrected chi connectivity index (χ1v) is 8.07. The summed E-state index contributed by atoms with van der Waals surface area (Å²) >= 11 is 9.42. The Balaban J connectivity index is 2.28. The minimum Gasteiger partial charge on any atom is -0.467 e. The van der Waals surface area contributed by atoms with Crippen LogP contribution in [0.3, 0.4) is 0 Å². The predicted molar refractivity (Wildman–Crippen MR) is 88.8 cm³/mol. The van der Waals surface area contributed by atoms with Gasteiger partial charge in [-0.2, -0.15) is 0 Å². The van der Waals surface area contributed by atoms with Crippen molar-refractivity contribution in [3.05, 3.63) is 27.7 Å². The van der Waals surface area contributed by atoms with Gasteiger partial charge in [-0.25, -0.2) is 4.79 Å². The van der Waals surface area contributed by atoms with Gasteiger partial charge in [-0.15, -0.1) is 0 Å². The first kappa shape index (κ1) is 16.6. The molecule has 1 aromatic carbocycles. The molecule has 1 aromatic rings. The maximum atomic E-state index is 12.4. The lowest BCUT2D eigenvalue weighted by molar-refractivity contribution is -0.148. The van der Waals surface area contributed by atoms with Crippen LogP contribution in [-0.4, -0.2) is 43.2 Å². The highest BCUT2D eigenvalue weighted by atomic mass is 79.9. The molecule has 1 saturated heterocycles. The van der Waals surface area contributed by atoms with E-state index in [1.54, 1.807) is 6.07 Å². The molecule has 1 aliphatic rings. The number of hydrogen-bond acceptors (Lipinski definition) is 4. The number of benzene rings is 1. The van der Waals surface area contributed by atoms with Crippen LogP contribution >= 0.6 is 27.5 Å². The summed E-state index contributed by atoms with van der Waals surface area (Å²) in [7, 11) is 3.51. The van der Waals surface area contributed by atoms with Gasteiger partial charge in [0.1, 0.15) is 5.54 Å². The van der Waals surface area contributed by atoms with Crippen LogP contribution in [0.5, 0.6) is 0 Å². The van der Waals surface area contributed by atoms with Crippen molar-refractivity contribution >= 4 is 39.2 Å². The molecule has 4 nitrogen and oxygen atoms in total. The molecule has 116 valence electrons. The average Bonchev–Trinajstić information content (AvgIpc) is 2.46. The summed E-state index contributed by atoms with van der Waals surface area (Å²) in [4.78, 5) is 14.6. The van der Waals surface area contributed by atoms with E-state index in [9.17, 15) is 4.79 Å². The number of rotatable bonds is 3. The highest BCUT2D eigenvalue weighted by Crippen LogP contribution is 2.33. The summed E-state index contributed by atoms with van der Waals surface area (Å²) < 4.78 is 5.85. The Kier molecular flexibility index (Phi) is 5.17. The zero-order valence-corrected chi connectivity index (χ0v) is 14.8. The summed E-state index contributed by atoms with van der Waals surface area (Å²) in [6, 6.07) is 5.87. The van der Waals surface area contributed by atoms with Crippen LogP contribution in [0.15, 0.2) is 22.7 Å². The third-order valence-corrected chi connectivity index (χ3v) is 5.38. The summed E-state index contributed by atoms with van der Waals surface area (Å²) in [5.41, 5.74) is 0.168. The first-order valence-electron chi connectivity index (χ1n) is 6.90. The van der Waals surface area contributed by atoms with E-state index in [0.717, 1.165) is 16.7 Å². The molecule has 0 amide bonds. The van der Waals surface area contributed by atoms with Crippen LogP contribution in [0.25, 0.3) is 0 Å². The van der Waals surface area contributed by atoms with E-state index in [0.29, 0.717) is 23.9 Å². The van der Waals surface area contributed by atoms with Crippen LogP contribution in [0.4, 0.5) is 5.69 Å². The van der Waals surface area contributed by atoms with Crippen LogP contribution in [-0.2, 0) is 9.53 Å². The van der Waals surface area contributed by atoms with Crippen molar-refractivity contribution in [1.82, 2.24) is 4.90 Å². The number of piperidine rings is 1. The molecular weight excluding hydrogens is 356 g/mol. The number of halogens is 2. The lowest BCUT2D eigenvalue weighted by atomic mass is 9.83. The Labute approximate surface area is 138 Å². The molecule has 1 aliphatic heterocycles. The standard InChI is InChI=1S/C15H20BrClN2O2/c1-10-9-15(14(20)21-3,6-7-19(10)2)18-11-4-5-13(17)12(16)8-11/h4-5,8,10,18H,6-7,9H2,1-3H3. The van der Waals surface area contributed by atoms with Gasteiger partial charge in [-0.1, -0.05) is 11.6 Å². The fourth-order valence-electron chi connectivity index (χ4n) is 2.75. The van der Waals surface area contributed by atoms with Gasteiger partial charge in [0, 0.05) is 22.7 Å². The molecule has 1 heterocycles. The number of carbonyl (C=O) groups excluding carboxylic acids is 1. The summed E-state index contributed by atoms with van der Waals surface area (Å²) in [6.07, 6.45) is 1.41. The number of nitrogens with one attached hydrogen (secondary N) is 1. The first-order chi connectivity index (χ1) is 9.88. The third-order valence-electron chi connectivity index (χ3n) is 4.17. The zero-order valence-electron chi connectivity index (χ0n) is 12.5. The Morgan fingerprint density at radius 3 is 2.86 bits per heavy atom. The largest absolute Gasteiger partial charge is 0.467 e. The Bertz CT molecular complexity index is 540. The molecule has 0 radical (unpaired) electrons. The molecule has 2 unspecified atom stereocenters. The van der Waals surface area contributed by atoms with E-state index in [4.69, 9.17) is 16.3 Å². The fraction of sp³-hybridized carbons (Fsp3) is 0.533. The van der Waals surface area contributed by atoms with Gasteiger partial charge in [-0.05, 0) is 60.9 Å². The highest BCUT2D eigenvalue weighted by Gasteiger charge is 2.44. The molecule has 21 heavy (non-hydrogen) atoms. The third kappa shape index (κ3) is 3.52. The molecule has 6 heteroatoms. The number of ether oxygens (including phenoxy) is 1. The Hall–Kier alpha value is -0.780. The number of methoxy groups -OCH3 is 1. The number of anilines is 1. The van der Waals surface area contributed by atoms with Gasteiger partial charge in [0.05, 0.1) is 12.1 Å². The lowest BCUT2D eigenvalue weighted by Gasteiger charge is -2.43. The molecule has 1 N–H and O–H groups in total. The second-order valence-corrected chi connectivity index (χ2v) is 6.87. The van der Waals surface area contributed by atoms with Crippen molar-refractivity contribution in [1.29, 1.82) is 0 Å². The van der Waals surface area contributed by atoms with E-state index in [2.05, 4.69) is 40.1 Å². The van der Waals surface area contributed by atoms with Crippen molar-refractivity contribution in [2.75, 3.05) is 26.0 Å². The number of carbonyl (C=O) groups is 1. The van der Waals surface area contributed by atoms with Gasteiger partial charge in [-0.3, -0.25) is 0 Å². The van der Waals surface area contributed by atoms with Gasteiger partial charge < -0.3 is 15.0 Å². The molecule has 2 rings (SSSR count). The molecule has 0 spiro atoms. The van der Waals surface area contributed by atoms with Gasteiger partial charge >= 0.3 is 5.97 Å². The molecule has 0 aromatic heterocycles. The van der Waals surface area contributed by atoms with E-state index in [-0.39, 0.29) is 5.97 Å². The van der Waals surface area contributed by atoms with Crippen molar-refractivity contribution in [2.45, 2.75) is 31.3 Å². The quantitative estimate of drug-likeness (QED) is 0.821. The Morgan fingerprint density at radius 2 is 2.29 bits per heavy atom. The predicted octanol–water partition coefficient (Wildman–Crippen LogP) is 3.54. The number of nitrogens with zero attached hydrogens (tertiary/aromatic N) is 1. The van der Waals surface area contributed by atoms with Crippen LogP contribution in [0.2, 0.25) is 5.02 Å². The smallest absolute Gasteiger partial charge is 0.331 e. The molecule has 0 saturated carbocycles. The minimum atomic E-state index is -0.687. The van der Waals surface area contributed by atoms with Crippen molar-refractivity contribution in [2.24, 2.45) is 0 Å². The van der Waals surface area contributed by atoms with E-state index in [1.165, 1.54) is 7.11 Å². The van der Waals surface area contributed by atoms with E-state index >= 15 is 0 Å². The monoisotopic (exact) mass is 374 g/mol. The molecule has 2 atom stereocenters. The molecule has 0 aliphatic carbocycles. The van der Waals surface area contributed by atoms with Crippen molar-refractivity contribution < 1.29 is 9.53 Å². The molecular formula is C15H20BrClN2O2. The summed E-state index contributed by atoms with van der Waals surface area (Å²) in [5.74, 6) is -0.214. The van der Waals surface area contributed by atoms with E-state index < -0.39 is 5.54 Å². The molecule has 0 bridgehead atoms. The summed E-state index contributed by atoms with van der Waals surface area (Å²) in [6.45, 7) is 2.97. The SMILES string of the molecule is COC(=O)C1(Nc2ccc(Cl)c(Br)c2)CCN(C)C(C)C1. The van der Waals surface area contributed by atoms with Gasteiger partial charge in [0.25, 0.3) is 0 Å². The second kappa shape index (κ2) is 6.55. The van der Waals surface area contributed by atoms with Crippen LogP contribution in [0.1, 0.15) is 19.8 Å². The van der Waals surface area contributed by atoms with Crippen molar-refractivity contribution in [3.63, 3.8) is 0 Å². The lowest BCUT2D eigenvalue weighted by Crippen LogP contribution is -2.57. The number of hydrogen-bond donors (Lipinski definition) is 1. The maximum Gasteiger partial charge on any atom is 0.331 e. The zero-order chi connectivity index (χ0) is 15.6. The van der Waals surface area contributed by atoms with Gasteiger partial charge in [0.2, 0.25) is 0 Å². The van der Waals surface area contributed by atoms with Gasteiger partial charge in [0.15, 0.2) is 0 Å². The number of likely N-dealkylation sites (tertiary alicyclic amines) is 1. The maximum absolute atomic E-state index is 12.4. The number of esters is 1.